The van der Waals surface area contributed by atoms with Crippen LogP contribution in [0.3, 0.4) is 0 Å². The summed E-state index contributed by atoms with van der Waals surface area (Å²) in [6.07, 6.45) is 1.14. The lowest BCUT2D eigenvalue weighted by molar-refractivity contribution is -0.139. The first-order chi connectivity index (χ1) is 10.0. The van der Waals surface area contributed by atoms with Crippen molar-refractivity contribution in [2.24, 2.45) is 5.92 Å². The van der Waals surface area contributed by atoms with Gasteiger partial charge in [-0.3, -0.25) is 4.79 Å². The summed E-state index contributed by atoms with van der Waals surface area (Å²) in [5.74, 6) is -0.330. The van der Waals surface area contributed by atoms with Crippen molar-refractivity contribution in [3.63, 3.8) is 0 Å². The van der Waals surface area contributed by atoms with Crippen LogP contribution in [0.15, 0.2) is 24.3 Å². The third-order valence-electron chi connectivity index (χ3n) is 4.35. The Hall–Kier alpha value is -1.39. The van der Waals surface area contributed by atoms with Crippen molar-refractivity contribution in [2.75, 3.05) is 13.1 Å². The maximum atomic E-state index is 12.5. The Morgan fingerprint density at radius 3 is 2.52 bits per heavy atom. The molecule has 2 rings (SSSR count). The first-order valence-corrected chi connectivity index (χ1v) is 7.74. The topological polar surface area (TPSA) is 60.8 Å². The number of amides is 1. The third-order valence-corrected chi connectivity index (χ3v) is 4.35. The molecule has 116 valence electrons. The van der Waals surface area contributed by atoms with Crippen molar-refractivity contribution < 1.29 is 15.0 Å². The van der Waals surface area contributed by atoms with Crippen LogP contribution in [-0.2, 0) is 4.79 Å². The van der Waals surface area contributed by atoms with Gasteiger partial charge in [-0.2, -0.15) is 0 Å². The lowest BCUT2D eigenvalue weighted by atomic mass is 10.0. The second-order valence-electron chi connectivity index (χ2n) is 5.91. The van der Waals surface area contributed by atoms with E-state index in [1.54, 1.807) is 4.90 Å². The average Bonchev–Trinajstić information content (AvgIpc) is 2.90. The summed E-state index contributed by atoms with van der Waals surface area (Å²) < 4.78 is 0. The SMILES string of the molecule is CCN(CC(O)c1ccc(C)cc1)C(=O)C1CCCC1O. The Morgan fingerprint density at radius 2 is 2.00 bits per heavy atom. The number of aryl methyl sites for hydroxylation is 1. The van der Waals surface area contributed by atoms with E-state index in [-0.39, 0.29) is 18.4 Å². The van der Waals surface area contributed by atoms with Crippen molar-refractivity contribution in [2.45, 2.75) is 45.3 Å². The second-order valence-corrected chi connectivity index (χ2v) is 5.91. The highest BCUT2D eigenvalue weighted by Crippen LogP contribution is 2.28. The fraction of sp³-hybridized carbons (Fsp3) is 0.588. The molecule has 21 heavy (non-hydrogen) atoms. The number of rotatable bonds is 5. The van der Waals surface area contributed by atoms with Gasteiger partial charge in [0.25, 0.3) is 0 Å². The largest absolute Gasteiger partial charge is 0.392 e. The van der Waals surface area contributed by atoms with E-state index in [0.29, 0.717) is 13.0 Å². The number of aliphatic hydroxyl groups excluding tert-OH is 2. The quantitative estimate of drug-likeness (QED) is 0.872. The number of nitrogens with zero attached hydrogens (tertiary/aromatic N) is 1. The average molecular weight is 291 g/mol. The molecular formula is C17H25NO3. The molecule has 2 N–H and O–H groups in total. The van der Waals surface area contributed by atoms with E-state index in [1.807, 2.05) is 38.1 Å². The number of hydrogen-bond donors (Lipinski definition) is 2. The highest BCUT2D eigenvalue weighted by Gasteiger charge is 2.34. The lowest BCUT2D eigenvalue weighted by Gasteiger charge is -2.28. The molecule has 4 nitrogen and oxygen atoms in total. The van der Waals surface area contributed by atoms with Gasteiger partial charge in [0.1, 0.15) is 0 Å². The molecule has 1 aromatic rings. The zero-order valence-corrected chi connectivity index (χ0v) is 12.8. The predicted octanol–water partition coefficient (Wildman–Crippen LogP) is 2.04. The molecule has 0 saturated heterocycles. The standard InChI is InChI=1S/C17H25NO3/c1-3-18(17(21)14-5-4-6-15(14)19)11-16(20)13-9-7-12(2)8-10-13/h7-10,14-16,19-20H,3-6,11H2,1-2H3. The van der Waals surface area contributed by atoms with Crippen LogP contribution >= 0.6 is 0 Å². The Morgan fingerprint density at radius 1 is 1.33 bits per heavy atom. The van der Waals surface area contributed by atoms with E-state index in [2.05, 4.69) is 0 Å². The molecule has 1 fully saturated rings. The van der Waals surface area contributed by atoms with Crippen molar-refractivity contribution in [1.29, 1.82) is 0 Å². The van der Waals surface area contributed by atoms with E-state index in [4.69, 9.17) is 0 Å². The molecule has 0 aliphatic heterocycles. The van der Waals surface area contributed by atoms with Crippen LogP contribution in [0, 0.1) is 12.8 Å². The molecule has 1 aliphatic carbocycles. The minimum Gasteiger partial charge on any atom is -0.392 e. The number of aliphatic hydroxyl groups is 2. The fourth-order valence-corrected chi connectivity index (χ4v) is 2.94. The summed E-state index contributed by atoms with van der Waals surface area (Å²) in [5, 5.41) is 20.2. The highest BCUT2D eigenvalue weighted by atomic mass is 16.3. The number of carbonyl (C=O) groups excluding carboxylic acids is 1. The van der Waals surface area contributed by atoms with Gasteiger partial charge in [0, 0.05) is 6.54 Å². The van der Waals surface area contributed by atoms with Gasteiger partial charge in [0.05, 0.1) is 24.7 Å². The lowest BCUT2D eigenvalue weighted by Crippen LogP contribution is -2.41. The molecule has 3 unspecified atom stereocenters. The Balaban J connectivity index is 2.01. The van der Waals surface area contributed by atoms with Crippen LogP contribution in [0.25, 0.3) is 0 Å². The van der Waals surface area contributed by atoms with Gasteiger partial charge in [-0.15, -0.1) is 0 Å². The van der Waals surface area contributed by atoms with Gasteiger partial charge in [-0.1, -0.05) is 29.8 Å². The number of carbonyl (C=O) groups is 1. The summed E-state index contributed by atoms with van der Waals surface area (Å²) in [6.45, 7) is 4.73. The first kappa shape index (κ1) is 16.0. The summed E-state index contributed by atoms with van der Waals surface area (Å²) >= 11 is 0. The maximum absolute atomic E-state index is 12.5. The van der Waals surface area contributed by atoms with E-state index in [1.165, 1.54) is 0 Å². The van der Waals surface area contributed by atoms with Gasteiger partial charge >= 0.3 is 0 Å². The molecule has 0 heterocycles. The zero-order valence-electron chi connectivity index (χ0n) is 12.8. The minimum atomic E-state index is -0.687. The van der Waals surface area contributed by atoms with Crippen molar-refractivity contribution in [3.8, 4) is 0 Å². The molecule has 4 heteroatoms. The molecule has 0 aromatic heterocycles. The maximum Gasteiger partial charge on any atom is 0.228 e. The van der Waals surface area contributed by atoms with Gasteiger partial charge in [-0.05, 0) is 38.7 Å². The molecule has 3 atom stereocenters. The van der Waals surface area contributed by atoms with E-state index in [9.17, 15) is 15.0 Å². The van der Waals surface area contributed by atoms with E-state index < -0.39 is 12.2 Å². The zero-order chi connectivity index (χ0) is 15.4. The van der Waals surface area contributed by atoms with E-state index >= 15 is 0 Å². The third kappa shape index (κ3) is 3.83. The van der Waals surface area contributed by atoms with Crippen LogP contribution in [0.1, 0.15) is 43.4 Å². The Kier molecular flexibility index (Phi) is 5.37. The Labute approximate surface area is 126 Å². The summed E-state index contributed by atoms with van der Waals surface area (Å²) in [7, 11) is 0. The summed E-state index contributed by atoms with van der Waals surface area (Å²) in [6, 6.07) is 7.69. The fourth-order valence-electron chi connectivity index (χ4n) is 2.94. The predicted molar refractivity (Wildman–Crippen MR) is 81.7 cm³/mol. The summed E-state index contributed by atoms with van der Waals surface area (Å²) in [4.78, 5) is 14.1. The van der Waals surface area contributed by atoms with Gasteiger partial charge in [-0.25, -0.2) is 0 Å². The second kappa shape index (κ2) is 7.05. The molecule has 1 amide bonds. The normalized spacial score (nSPS) is 23.0. The molecular weight excluding hydrogens is 266 g/mol. The van der Waals surface area contributed by atoms with Crippen LogP contribution < -0.4 is 0 Å². The smallest absolute Gasteiger partial charge is 0.228 e. The van der Waals surface area contributed by atoms with Crippen molar-refractivity contribution >= 4 is 5.91 Å². The van der Waals surface area contributed by atoms with Crippen LogP contribution in [-0.4, -0.2) is 40.2 Å². The molecule has 0 radical (unpaired) electrons. The number of likely N-dealkylation sites (N-methyl/N-ethyl adjacent to an activating group) is 1. The van der Waals surface area contributed by atoms with Crippen LogP contribution in [0.5, 0.6) is 0 Å². The monoisotopic (exact) mass is 291 g/mol. The molecule has 1 saturated carbocycles. The summed E-state index contributed by atoms with van der Waals surface area (Å²) in [5.41, 5.74) is 1.96. The number of benzene rings is 1. The van der Waals surface area contributed by atoms with Gasteiger partial charge < -0.3 is 15.1 Å². The molecule has 0 bridgehead atoms. The van der Waals surface area contributed by atoms with Gasteiger partial charge in [0.2, 0.25) is 5.91 Å². The van der Waals surface area contributed by atoms with Crippen molar-refractivity contribution in [1.82, 2.24) is 4.90 Å². The number of hydrogen-bond acceptors (Lipinski definition) is 3. The highest BCUT2D eigenvalue weighted by molar-refractivity contribution is 5.79. The minimum absolute atomic E-state index is 0.0336. The van der Waals surface area contributed by atoms with E-state index in [0.717, 1.165) is 24.0 Å². The van der Waals surface area contributed by atoms with Crippen LogP contribution in [0.2, 0.25) is 0 Å². The molecule has 1 aliphatic rings. The van der Waals surface area contributed by atoms with Gasteiger partial charge in [0.15, 0.2) is 0 Å². The van der Waals surface area contributed by atoms with Crippen molar-refractivity contribution in [3.05, 3.63) is 35.4 Å². The molecule has 1 aromatic carbocycles. The molecule has 0 spiro atoms. The van der Waals surface area contributed by atoms with Crippen LogP contribution in [0.4, 0.5) is 0 Å². The Bertz CT molecular complexity index is 471. The first-order valence-electron chi connectivity index (χ1n) is 7.74.